The molecule has 0 unspecified atom stereocenters. The van der Waals surface area contributed by atoms with Crippen molar-refractivity contribution in [2.75, 3.05) is 18.9 Å². The molecule has 0 heterocycles. The molecule has 5 nitrogen and oxygen atoms in total. The van der Waals surface area contributed by atoms with E-state index in [1.54, 1.807) is 13.8 Å². The summed E-state index contributed by atoms with van der Waals surface area (Å²) in [6.07, 6.45) is 5.77. The van der Waals surface area contributed by atoms with E-state index >= 15 is 0 Å². The Bertz CT molecular complexity index is 316. The number of aliphatic hydroxyl groups excluding tert-OH is 1. The summed E-state index contributed by atoms with van der Waals surface area (Å²) in [5.74, 6) is -0.315. The van der Waals surface area contributed by atoms with Crippen molar-refractivity contribution in [1.82, 2.24) is 0 Å². The molecule has 0 aliphatic rings. The molecule has 0 aliphatic heterocycles. The summed E-state index contributed by atoms with van der Waals surface area (Å²) >= 11 is 0. The van der Waals surface area contributed by atoms with Crippen molar-refractivity contribution in [2.45, 2.75) is 32.7 Å². The van der Waals surface area contributed by atoms with Gasteiger partial charge in [0.05, 0.1) is 29.3 Å². The molecule has 0 aliphatic carbocycles. The topological polar surface area (TPSA) is 94.0 Å². The molecule has 0 aromatic heterocycles. The van der Waals surface area contributed by atoms with E-state index in [2.05, 4.69) is 18.5 Å². The van der Waals surface area contributed by atoms with Crippen LogP contribution in [0.3, 0.4) is 0 Å². The maximum Gasteiger partial charge on any atom is 0.0992 e. The van der Waals surface area contributed by atoms with Crippen LogP contribution in [0, 0.1) is 5.92 Å². The monoisotopic (exact) mass is 293 g/mol. The van der Waals surface area contributed by atoms with Gasteiger partial charge in [0.25, 0.3) is 0 Å². The van der Waals surface area contributed by atoms with Gasteiger partial charge in [-0.2, -0.15) is 0 Å². The summed E-state index contributed by atoms with van der Waals surface area (Å²) in [5.41, 5.74) is 0. The van der Waals surface area contributed by atoms with Crippen molar-refractivity contribution >= 4 is 10.1 Å². The fraction of sp³-hybridized carbons (Fsp3) is 0.692. The van der Waals surface area contributed by atoms with E-state index in [-0.39, 0.29) is 18.3 Å². The zero-order valence-electron chi connectivity index (χ0n) is 11.9. The fourth-order valence-electron chi connectivity index (χ4n) is 1.44. The van der Waals surface area contributed by atoms with Gasteiger partial charge in [-0.15, -0.1) is 13.2 Å². The Balaban J connectivity index is 0. The van der Waals surface area contributed by atoms with Gasteiger partial charge in [-0.05, 0) is 5.92 Å². The van der Waals surface area contributed by atoms with Crippen LogP contribution >= 0.6 is 0 Å². The molecule has 0 aromatic carbocycles. The molecule has 0 rings (SSSR count). The minimum atomic E-state index is -3.97. The molecule has 3 N–H and O–H groups in total. The van der Waals surface area contributed by atoms with Crippen LogP contribution in [0.2, 0.25) is 0 Å². The summed E-state index contributed by atoms with van der Waals surface area (Å²) in [6.45, 7) is 11.7. The third-order valence-electron chi connectivity index (χ3n) is 2.11. The van der Waals surface area contributed by atoms with Crippen molar-refractivity contribution in [2.24, 2.45) is 5.92 Å². The maximum absolute atomic E-state index is 9.89. The van der Waals surface area contributed by atoms with E-state index in [1.165, 1.54) is 0 Å². The van der Waals surface area contributed by atoms with Crippen molar-refractivity contribution in [3.63, 3.8) is 0 Å². The van der Waals surface area contributed by atoms with E-state index in [0.29, 0.717) is 6.04 Å². The highest BCUT2D eigenvalue weighted by Crippen LogP contribution is 1.95. The number of hydrogen-bond donors (Lipinski definition) is 2. The first-order chi connectivity index (χ1) is 8.76. The first-order valence-corrected chi connectivity index (χ1v) is 7.94. The van der Waals surface area contributed by atoms with Crippen LogP contribution in [0.4, 0.5) is 0 Å². The first-order valence-electron chi connectivity index (χ1n) is 6.36. The second-order valence-corrected chi connectivity index (χ2v) is 6.12. The summed E-state index contributed by atoms with van der Waals surface area (Å²) in [7, 11) is -3.97. The molecule has 19 heavy (non-hydrogen) atoms. The zero-order chi connectivity index (χ0) is 15.3. The Morgan fingerprint density at radius 2 is 1.74 bits per heavy atom. The van der Waals surface area contributed by atoms with Gasteiger partial charge < -0.3 is 15.0 Å². The molecule has 114 valence electrons. The summed E-state index contributed by atoms with van der Waals surface area (Å²) < 4.78 is 29.7. The Labute approximate surface area is 117 Å². The molecule has 6 heteroatoms. The lowest BCUT2D eigenvalue weighted by molar-refractivity contribution is -0.689. The molecule has 0 atom stereocenters. The van der Waals surface area contributed by atoms with Gasteiger partial charge >= 0.3 is 0 Å². The number of aliphatic hydroxyl groups is 1. The van der Waals surface area contributed by atoms with Crippen LogP contribution in [-0.4, -0.2) is 43.0 Å². The molecule has 0 radical (unpaired) electrons. The van der Waals surface area contributed by atoms with Crippen molar-refractivity contribution in [3.8, 4) is 0 Å². The molecule has 0 aromatic rings. The Morgan fingerprint density at radius 3 is 1.95 bits per heavy atom. The van der Waals surface area contributed by atoms with E-state index in [1.807, 2.05) is 12.2 Å². The molecule has 0 saturated heterocycles. The van der Waals surface area contributed by atoms with Crippen molar-refractivity contribution < 1.29 is 23.4 Å². The van der Waals surface area contributed by atoms with Crippen molar-refractivity contribution in [3.05, 3.63) is 25.3 Å². The fourth-order valence-corrected chi connectivity index (χ4v) is 2.25. The predicted molar refractivity (Wildman–Crippen MR) is 76.7 cm³/mol. The van der Waals surface area contributed by atoms with E-state index in [4.69, 9.17) is 5.11 Å². The maximum atomic E-state index is 9.89. The van der Waals surface area contributed by atoms with Gasteiger partial charge in [0.2, 0.25) is 0 Å². The van der Waals surface area contributed by atoms with Gasteiger partial charge in [0.1, 0.15) is 0 Å². The average molecular weight is 293 g/mol. The van der Waals surface area contributed by atoms with E-state index in [9.17, 15) is 13.0 Å². The third kappa shape index (κ3) is 19.8. The SMILES string of the molecule is C=CCC(CC=C)[NH2+]CCO.CC(C)CS(=O)(=O)[O-]. The highest BCUT2D eigenvalue weighted by atomic mass is 32.2. The Morgan fingerprint density at radius 1 is 1.26 bits per heavy atom. The Hall–Kier alpha value is -0.690. The van der Waals surface area contributed by atoms with Crippen LogP contribution in [0.25, 0.3) is 0 Å². The van der Waals surface area contributed by atoms with Gasteiger partial charge in [0.15, 0.2) is 0 Å². The minimum Gasteiger partial charge on any atom is -0.748 e. The van der Waals surface area contributed by atoms with Crippen LogP contribution in [0.1, 0.15) is 26.7 Å². The summed E-state index contributed by atoms with van der Waals surface area (Å²) in [4.78, 5) is 0. The average Bonchev–Trinajstić information content (AvgIpc) is 2.24. The highest BCUT2D eigenvalue weighted by Gasteiger charge is 2.05. The quantitative estimate of drug-likeness (QED) is 0.471. The molecule has 0 bridgehead atoms. The van der Waals surface area contributed by atoms with Crippen LogP contribution in [0.5, 0.6) is 0 Å². The molecule has 0 amide bonds. The molecular weight excluding hydrogens is 266 g/mol. The van der Waals surface area contributed by atoms with E-state index < -0.39 is 10.1 Å². The third-order valence-corrected chi connectivity index (χ3v) is 3.18. The molecular formula is C13H27NO4S. The summed E-state index contributed by atoms with van der Waals surface area (Å²) in [5, 5.41) is 10.7. The smallest absolute Gasteiger partial charge is 0.0992 e. The standard InChI is InChI=1S/C9H17NO.C4H10O3S/c1-3-5-9(6-4-2)10-7-8-11;1-4(2)3-8(5,6)7/h3-4,9-11H,1-2,5-8H2;4H,3H2,1-2H3,(H,5,6,7). The van der Waals surface area contributed by atoms with Gasteiger partial charge in [0, 0.05) is 18.6 Å². The molecule has 0 fully saturated rings. The lowest BCUT2D eigenvalue weighted by Gasteiger charge is -2.09. The lowest BCUT2D eigenvalue weighted by Crippen LogP contribution is -2.90. The molecule has 0 saturated carbocycles. The van der Waals surface area contributed by atoms with Crippen LogP contribution < -0.4 is 5.32 Å². The highest BCUT2D eigenvalue weighted by molar-refractivity contribution is 7.85. The predicted octanol–water partition coefficient (Wildman–Crippen LogP) is 0.251. The Kier molecular flexibility index (Phi) is 13.4. The number of quaternary nitrogens is 1. The largest absolute Gasteiger partial charge is 0.748 e. The van der Waals surface area contributed by atoms with E-state index in [0.717, 1.165) is 19.4 Å². The molecule has 0 spiro atoms. The van der Waals surface area contributed by atoms with Crippen LogP contribution in [-0.2, 0) is 10.1 Å². The second-order valence-electron chi connectivity index (χ2n) is 4.68. The summed E-state index contributed by atoms with van der Waals surface area (Å²) in [6, 6.07) is 0.511. The zero-order valence-corrected chi connectivity index (χ0v) is 12.7. The second kappa shape index (κ2) is 12.3. The number of hydrogen-bond acceptors (Lipinski definition) is 4. The van der Waals surface area contributed by atoms with Crippen molar-refractivity contribution in [1.29, 1.82) is 0 Å². The van der Waals surface area contributed by atoms with Gasteiger partial charge in [-0.3, -0.25) is 0 Å². The van der Waals surface area contributed by atoms with Crippen LogP contribution in [0.15, 0.2) is 25.3 Å². The normalized spacial score (nSPS) is 11.1. The number of rotatable bonds is 9. The first kappa shape index (κ1) is 20.6. The number of nitrogens with two attached hydrogens (primary N) is 1. The lowest BCUT2D eigenvalue weighted by atomic mass is 10.1. The van der Waals surface area contributed by atoms with Gasteiger partial charge in [-0.1, -0.05) is 26.0 Å². The van der Waals surface area contributed by atoms with Gasteiger partial charge in [-0.25, -0.2) is 8.42 Å². The minimum absolute atomic E-state index is 0.0579.